The number of rotatable bonds is 5. The van der Waals surface area contributed by atoms with Crippen molar-refractivity contribution in [1.29, 1.82) is 0 Å². The molecule has 0 saturated carbocycles. The van der Waals surface area contributed by atoms with Gasteiger partial charge in [-0.05, 0) is 44.0 Å². The first-order valence-corrected chi connectivity index (χ1v) is 12.0. The molecule has 3 unspecified atom stereocenters. The Morgan fingerprint density at radius 2 is 1.65 bits per heavy atom. The van der Waals surface area contributed by atoms with Gasteiger partial charge in [0.2, 0.25) is 5.91 Å². The van der Waals surface area contributed by atoms with Crippen LogP contribution in [0.5, 0.6) is 0 Å². The van der Waals surface area contributed by atoms with Crippen LogP contribution in [0.15, 0.2) is 60.7 Å². The molecule has 8 heteroatoms. The number of fused-ring (bicyclic) bond motifs is 1. The van der Waals surface area contributed by atoms with E-state index >= 15 is 0 Å². The Morgan fingerprint density at radius 1 is 1.00 bits per heavy atom. The van der Waals surface area contributed by atoms with Crippen LogP contribution in [-0.4, -0.2) is 30.5 Å². The zero-order valence-corrected chi connectivity index (χ0v) is 19.9. The molecule has 2 aliphatic rings. The molecule has 0 aliphatic carbocycles. The topological polar surface area (TPSA) is 76.2 Å². The Bertz CT molecular complexity index is 1260. The molecule has 34 heavy (non-hydrogen) atoms. The Balaban J connectivity index is 1.59. The maximum atomic E-state index is 13.9. The minimum Gasteiger partial charge on any atom is -0.462 e. The van der Waals surface area contributed by atoms with Crippen molar-refractivity contribution in [3.8, 4) is 0 Å². The lowest BCUT2D eigenvalue weighted by Crippen LogP contribution is -2.37. The molecule has 2 fully saturated rings. The van der Waals surface area contributed by atoms with Gasteiger partial charge in [-0.2, -0.15) is 0 Å². The van der Waals surface area contributed by atoms with Crippen LogP contribution in [0.2, 0.25) is 0 Å². The molecular formula is C26H24N2O5S. The van der Waals surface area contributed by atoms with Gasteiger partial charge in [0.15, 0.2) is 6.10 Å². The number of hydrogen-bond acceptors (Lipinski definition) is 7. The highest BCUT2D eigenvalue weighted by Crippen LogP contribution is 2.49. The van der Waals surface area contributed by atoms with E-state index in [1.54, 1.807) is 18.9 Å². The largest absolute Gasteiger partial charge is 0.462 e. The van der Waals surface area contributed by atoms with E-state index in [9.17, 15) is 14.4 Å². The molecule has 5 rings (SSSR count). The zero-order chi connectivity index (χ0) is 24.0. The number of hydrogen-bond donors (Lipinski definition) is 0. The third kappa shape index (κ3) is 3.41. The van der Waals surface area contributed by atoms with Crippen molar-refractivity contribution in [1.82, 2.24) is 0 Å². The van der Waals surface area contributed by atoms with E-state index in [1.165, 1.54) is 11.3 Å². The molecule has 3 aromatic rings. The smallest absolute Gasteiger partial charge is 0.341 e. The monoisotopic (exact) mass is 476 g/mol. The van der Waals surface area contributed by atoms with Gasteiger partial charge in [0.1, 0.15) is 10.9 Å². The summed E-state index contributed by atoms with van der Waals surface area (Å²) in [6, 6.07) is 18.5. The fourth-order valence-electron chi connectivity index (χ4n) is 4.61. The molecule has 2 saturated heterocycles. The summed E-state index contributed by atoms with van der Waals surface area (Å²) < 4.78 is 5.23. The maximum absolute atomic E-state index is 13.9. The van der Waals surface area contributed by atoms with E-state index in [4.69, 9.17) is 9.57 Å². The van der Waals surface area contributed by atoms with E-state index in [1.807, 2.05) is 67.6 Å². The SMILES string of the molecule is CCOC(=O)c1c(N2C(=O)C3ON(c4ccccc4)C(c4ccccc4)C3C2=O)sc(C)c1C. The van der Waals surface area contributed by atoms with Crippen molar-refractivity contribution >= 4 is 39.8 Å². The predicted octanol–water partition coefficient (Wildman–Crippen LogP) is 4.59. The highest BCUT2D eigenvalue weighted by Gasteiger charge is 2.61. The summed E-state index contributed by atoms with van der Waals surface area (Å²) in [6.45, 7) is 5.58. The van der Waals surface area contributed by atoms with Crippen LogP contribution in [-0.2, 0) is 19.2 Å². The highest BCUT2D eigenvalue weighted by atomic mass is 32.1. The molecule has 7 nitrogen and oxygen atoms in total. The molecule has 174 valence electrons. The first-order chi connectivity index (χ1) is 16.4. The number of carbonyl (C=O) groups excluding carboxylic acids is 3. The minimum absolute atomic E-state index is 0.199. The van der Waals surface area contributed by atoms with Crippen LogP contribution in [0, 0.1) is 19.8 Å². The Hall–Kier alpha value is -3.49. The number of nitrogens with zero attached hydrogens (tertiary/aromatic N) is 2. The number of esters is 1. The first-order valence-electron chi connectivity index (χ1n) is 11.1. The molecule has 3 heterocycles. The summed E-state index contributed by atoms with van der Waals surface area (Å²) in [7, 11) is 0. The number of amides is 2. The van der Waals surface area contributed by atoms with Gasteiger partial charge in [0, 0.05) is 4.88 Å². The first kappa shape index (κ1) is 22.3. The number of carbonyl (C=O) groups is 3. The third-order valence-electron chi connectivity index (χ3n) is 6.32. The lowest BCUT2D eigenvalue weighted by atomic mass is 9.90. The fraction of sp³-hybridized carbons (Fsp3) is 0.269. The second-order valence-corrected chi connectivity index (χ2v) is 9.47. The highest BCUT2D eigenvalue weighted by molar-refractivity contribution is 7.17. The molecule has 2 aliphatic heterocycles. The number of aryl methyl sites for hydroxylation is 1. The molecule has 1 aromatic heterocycles. The molecule has 2 aromatic carbocycles. The van der Waals surface area contributed by atoms with Crippen LogP contribution in [0.4, 0.5) is 10.7 Å². The molecular weight excluding hydrogens is 452 g/mol. The second-order valence-electron chi connectivity index (χ2n) is 8.26. The van der Waals surface area contributed by atoms with Crippen LogP contribution in [0.3, 0.4) is 0 Å². The van der Waals surface area contributed by atoms with Gasteiger partial charge in [-0.1, -0.05) is 48.5 Å². The number of para-hydroxylation sites is 1. The van der Waals surface area contributed by atoms with E-state index in [-0.39, 0.29) is 18.1 Å². The summed E-state index contributed by atoms with van der Waals surface area (Å²) in [5, 5.41) is 1.97. The number of anilines is 2. The Labute approximate surface area is 201 Å². The van der Waals surface area contributed by atoms with Crippen molar-refractivity contribution in [2.24, 2.45) is 5.92 Å². The summed E-state index contributed by atoms with van der Waals surface area (Å²) >= 11 is 1.25. The lowest BCUT2D eigenvalue weighted by Gasteiger charge is -2.28. The maximum Gasteiger partial charge on any atom is 0.341 e. The van der Waals surface area contributed by atoms with Gasteiger partial charge in [-0.15, -0.1) is 11.3 Å². The van der Waals surface area contributed by atoms with Crippen molar-refractivity contribution in [3.63, 3.8) is 0 Å². The van der Waals surface area contributed by atoms with Crippen molar-refractivity contribution < 1.29 is 24.0 Å². The Morgan fingerprint density at radius 3 is 2.29 bits per heavy atom. The van der Waals surface area contributed by atoms with Crippen LogP contribution >= 0.6 is 11.3 Å². The zero-order valence-electron chi connectivity index (χ0n) is 19.1. The second kappa shape index (κ2) is 8.70. The normalized spacial score (nSPS) is 21.8. The quantitative estimate of drug-likeness (QED) is 0.396. The van der Waals surface area contributed by atoms with Gasteiger partial charge < -0.3 is 4.74 Å². The number of thiophene rings is 1. The number of ether oxygens (including phenoxy) is 1. The number of benzene rings is 2. The van der Waals surface area contributed by atoms with Crippen molar-refractivity contribution in [3.05, 3.63) is 82.2 Å². The molecule has 0 spiro atoms. The minimum atomic E-state index is -0.990. The van der Waals surface area contributed by atoms with Crippen LogP contribution < -0.4 is 9.96 Å². The van der Waals surface area contributed by atoms with Crippen molar-refractivity contribution in [2.45, 2.75) is 32.9 Å². The van der Waals surface area contributed by atoms with Crippen LogP contribution in [0.1, 0.15) is 39.3 Å². The molecule has 2 amide bonds. The summed E-state index contributed by atoms with van der Waals surface area (Å²) in [5.74, 6) is -2.15. The van der Waals surface area contributed by atoms with Gasteiger partial charge in [0.25, 0.3) is 5.91 Å². The molecule has 0 N–H and O–H groups in total. The van der Waals surface area contributed by atoms with E-state index in [2.05, 4.69) is 0 Å². The summed E-state index contributed by atoms with van der Waals surface area (Å²) in [6.07, 6.45) is -0.990. The average Bonchev–Trinajstić information content (AvgIpc) is 3.45. The molecule has 0 bridgehead atoms. The fourth-order valence-corrected chi connectivity index (χ4v) is 5.77. The van der Waals surface area contributed by atoms with Gasteiger partial charge in [0.05, 0.1) is 23.9 Å². The number of hydroxylamine groups is 1. The van der Waals surface area contributed by atoms with Gasteiger partial charge >= 0.3 is 5.97 Å². The van der Waals surface area contributed by atoms with E-state index < -0.39 is 29.9 Å². The van der Waals surface area contributed by atoms with Gasteiger partial charge in [-0.25, -0.2) is 14.8 Å². The van der Waals surface area contributed by atoms with Crippen LogP contribution in [0.25, 0.3) is 0 Å². The Kier molecular flexibility index (Phi) is 5.71. The summed E-state index contributed by atoms with van der Waals surface area (Å²) in [5.41, 5.74) is 2.60. The standard InChI is InChI=1S/C26H24N2O5S/c1-4-32-26(31)19-15(2)16(3)34-25(19)27-23(29)20-21(17-11-7-5-8-12-17)28(33-22(20)24(27)30)18-13-9-6-10-14-18/h5-14,20-22H,4H2,1-3H3. The predicted molar refractivity (Wildman–Crippen MR) is 129 cm³/mol. The van der Waals surface area contributed by atoms with E-state index in [0.717, 1.165) is 21.0 Å². The number of imide groups is 1. The van der Waals surface area contributed by atoms with Crippen molar-refractivity contribution in [2.75, 3.05) is 16.6 Å². The molecule has 3 atom stereocenters. The average molecular weight is 477 g/mol. The lowest BCUT2D eigenvalue weighted by molar-refractivity contribution is -0.126. The van der Waals surface area contributed by atoms with E-state index in [0.29, 0.717) is 10.6 Å². The summed E-state index contributed by atoms with van der Waals surface area (Å²) in [4.78, 5) is 48.4. The van der Waals surface area contributed by atoms with Gasteiger partial charge in [-0.3, -0.25) is 14.4 Å². The third-order valence-corrected chi connectivity index (χ3v) is 7.51. The molecule has 0 radical (unpaired) electrons.